The predicted molar refractivity (Wildman–Crippen MR) is 47.4 cm³/mol. The van der Waals surface area contributed by atoms with Crippen LogP contribution in [0.4, 0.5) is 0 Å². The van der Waals surface area contributed by atoms with Crippen molar-refractivity contribution in [1.82, 2.24) is 0 Å². The summed E-state index contributed by atoms with van der Waals surface area (Å²) in [4.78, 5) is 9.86. The van der Waals surface area contributed by atoms with Crippen molar-refractivity contribution >= 4 is 43.1 Å². The molecule has 0 heterocycles. The van der Waals surface area contributed by atoms with Gasteiger partial charge in [-0.05, 0) is 6.92 Å². The van der Waals surface area contributed by atoms with Crippen molar-refractivity contribution in [3.05, 3.63) is 0 Å². The van der Waals surface area contributed by atoms with E-state index < -0.39 is 5.91 Å². The lowest BCUT2D eigenvalue weighted by Gasteiger charge is -1.91. The fraction of sp³-hybridized carbons (Fsp3) is 0.750. The van der Waals surface area contributed by atoms with Crippen LogP contribution in [0.5, 0.6) is 0 Å². The molecule has 0 aromatic heterocycles. The molecule has 3 nitrogen and oxygen atoms in total. The van der Waals surface area contributed by atoms with Crippen LogP contribution in [0.1, 0.15) is 6.92 Å². The van der Waals surface area contributed by atoms with Gasteiger partial charge in [0.05, 0.1) is 0 Å². The molecule has 66 valence electrons. The van der Waals surface area contributed by atoms with E-state index in [2.05, 4.69) is 4.74 Å². The lowest BCUT2D eigenvalue weighted by molar-refractivity contribution is -0.122. The highest BCUT2D eigenvalue weighted by atomic mass is 35.5. The first-order valence-corrected chi connectivity index (χ1v) is 2.13. The summed E-state index contributed by atoms with van der Waals surface area (Å²) in [7, 11) is 0. The van der Waals surface area contributed by atoms with Gasteiger partial charge in [-0.25, -0.2) is 0 Å². The van der Waals surface area contributed by atoms with Gasteiger partial charge >= 0.3 is 0 Å². The van der Waals surface area contributed by atoms with E-state index in [4.69, 9.17) is 5.73 Å². The van der Waals surface area contributed by atoms with Crippen molar-refractivity contribution in [3.63, 3.8) is 0 Å². The van der Waals surface area contributed by atoms with Crippen LogP contribution in [0.15, 0.2) is 0 Å². The van der Waals surface area contributed by atoms with Gasteiger partial charge < -0.3 is 10.5 Å². The molecule has 0 bridgehead atoms. The lowest BCUT2D eigenvalue weighted by atomic mass is 10.7. The molecular formula is C4H12Cl3NO2. The Hall–Kier alpha value is 0.300. The Kier molecular flexibility index (Phi) is 36.2. The summed E-state index contributed by atoms with van der Waals surface area (Å²) in [5.41, 5.74) is 4.71. The van der Waals surface area contributed by atoms with Gasteiger partial charge in [0, 0.05) is 6.61 Å². The standard InChI is InChI=1S/C4H9NO2.3ClH/c1-2-7-3-4(5)6;;;/h2-3H2,1H3,(H2,5,6);3*1H. The van der Waals surface area contributed by atoms with Crippen molar-refractivity contribution in [3.8, 4) is 0 Å². The van der Waals surface area contributed by atoms with E-state index in [1.165, 1.54) is 0 Å². The van der Waals surface area contributed by atoms with Crippen molar-refractivity contribution in [1.29, 1.82) is 0 Å². The molecule has 0 atom stereocenters. The van der Waals surface area contributed by atoms with Crippen LogP contribution in [-0.2, 0) is 9.53 Å². The number of ether oxygens (including phenoxy) is 1. The van der Waals surface area contributed by atoms with Crippen molar-refractivity contribution in [2.75, 3.05) is 13.2 Å². The van der Waals surface area contributed by atoms with Crippen LogP contribution in [0.2, 0.25) is 0 Å². The van der Waals surface area contributed by atoms with E-state index in [0.29, 0.717) is 6.61 Å². The van der Waals surface area contributed by atoms with Gasteiger partial charge in [0.15, 0.2) is 0 Å². The minimum atomic E-state index is -0.415. The molecule has 0 aromatic rings. The zero-order valence-corrected chi connectivity index (χ0v) is 7.98. The van der Waals surface area contributed by atoms with Crippen molar-refractivity contribution in [2.24, 2.45) is 5.73 Å². The first-order valence-electron chi connectivity index (χ1n) is 2.13. The minimum Gasteiger partial charge on any atom is -0.372 e. The van der Waals surface area contributed by atoms with Gasteiger partial charge in [0.1, 0.15) is 6.61 Å². The number of nitrogens with two attached hydrogens (primary N) is 1. The van der Waals surface area contributed by atoms with Crippen LogP contribution in [0.25, 0.3) is 0 Å². The number of carbonyl (C=O) groups is 1. The molecule has 10 heavy (non-hydrogen) atoms. The molecule has 0 aliphatic rings. The number of amides is 1. The summed E-state index contributed by atoms with van der Waals surface area (Å²) < 4.78 is 4.62. The van der Waals surface area contributed by atoms with Gasteiger partial charge in [0.2, 0.25) is 5.91 Å². The quantitative estimate of drug-likeness (QED) is 0.751. The molecule has 0 spiro atoms. The summed E-state index contributed by atoms with van der Waals surface area (Å²) in [6, 6.07) is 0. The second-order valence-electron chi connectivity index (χ2n) is 1.10. The van der Waals surface area contributed by atoms with Crippen LogP contribution in [-0.4, -0.2) is 19.1 Å². The molecule has 0 radical (unpaired) electrons. The number of hydrogen-bond acceptors (Lipinski definition) is 2. The number of halogens is 3. The third-order valence-corrected chi connectivity index (χ3v) is 0.448. The normalized spacial score (nSPS) is 6.10. The third-order valence-electron chi connectivity index (χ3n) is 0.448. The fourth-order valence-corrected chi connectivity index (χ4v) is 0.203. The molecule has 0 rings (SSSR count). The average Bonchev–Trinajstić information content (AvgIpc) is 1.61. The van der Waals surface area contributed by atoms with E-state index in [-0.39, 0.29) is 43.8 Å². The molecular weight excluding hydrogens is 200 g/mol. The van der Waals surface area contributed by atoms with Gasteiger partial charge in [-0.3, -0.25) is 4.79 Å². The topological polar surface area (TPSA) is 52.3 Å². The van der Waals surface area contributed by atoms with E-state index in [1.54, 1.807) is 0 Å². The van der Waals surface area contributed by atoms with E-state index >= 15 is 0 Å². The minimum absolute atomic E-state index is 0. The molecule has 0 saturated heterocycles. The molecule has 2 N–H and O–H groups in total. The first kappa shape index (κ1) is 22.4. The zero-order valence-electron chi connectivity index (χ0n) is 5.53. The van der Waals surface area contributed by atoms with E-state index in [9.17, 15) is 4.79 Å². The Balaban J connectivity index is -0.0000000600. The Morgan fingerprint density at radius 2 is 1.80 bits per heavy atom. The molecule has 0 aliphatic heterocycles. The van der Waals surface area contributed by atoms with Crippen LogP contribution >= 0.6 is 37.2 Å². The highest BCUT2D eigenvalue weighted by Crippen LogP contribution is 1.67. The number of carbonyl (C=O) groups excluding carboxylic acids is 1. The zero-order chi connectivity index (χ0) is 5.70. The summed E-state index contributed by atoms with van der Waals surface area (Å²) in [5, 5.41) is 0. The maximum Gasteiger partial charge on any atom is 0.243 e. The maximum atomic E-state index is 9.86. The third kappa shape index (κ3) is 23.9. The molecule has 1 amide bonds. The summed E-state index contributed by atoms with van der Waals surface area (Å²) in [6.07, 6.45) is 0. The van der Waals surface area contributed by atoms with Crippen LogP contribution < -0.4 is 5.73 Å². The van der Waals surface area contributed by atoms with Gasteiger partial charge in [0.25, 0.3) is 0 Å². The number of primary amides is 1. The Morgan fingerprint density at radius 1 is 1.40 bits per heavy atom. The molecule has 0 aromatic carbocycles. The smallest absolute Gasteiger partial charge is 0.243 e. The summed E-state index contributed by atoms with van der Waals surface area (Å²) in [5.74, 6) is -0.415. The lowest BCUT2D eigenvalue weighted by Crippen LogP contribution is -2.17. The summed E-state index contributed by atoms with van der Waals surface area (Å²) >= 11 is 0. The Bertz CT molecular complexity index is 71.5. The SMILES string of the molecule is CCOCC(N)=O.Cl.Cl.Cl. The molecule has 0 saturated carbocycles. The second kappa shape index (κ2) is 16.1. The van der Waals surface area contributed by atoms with Gasteiger partial charge in [-0.2, -0.15) is 0 Å². The molecule has 0 unspecified atom stereocenters. The second-order valence-corrected chi connectivity index (χ2v) is 1.10. The molecule has 0 fully saturated rings. The highest BCUT2D eigenvalue weighted by molar-refractivity contribution is 5.86. The van der Waals surface area contributed by atoms with Crippen LogP contribution in [0.3, 0.4) is 0 Å². The fourth-order valence-electron chi connectivity index (χ4n) is 0.203. The Labute approximate surface area is 78.9 Å². The Morgan fingerprint density at radius 3 is 1.90 bits per heavy atom. The van der Waals surface area contributed by atoms with Crippen LogP contribution in [0, 0.1) is 0 Å². The predicted octanol–water partition coefficient (Wildman–Crippen LogP) is 0.774. The van der Waals surface area contributed by atoms with Crippen molar-refractivity contribution in [2.45, 2.75) is 6.92 Å². The number of hydrogen-bond donors (Lipinski definition) is 1. The first-order chi connectivity index (χ1) is 3.27. The summed E-state index contributed by atoms with van der Waals surface area (Å²) in [6.45, 7) is 2.39. The molecule has 0 aliphatic carbocycles. The van der Waals surface area contributed by atoms with Gasteiger partial charge in [-0.15, -0.1) is 37.2 Å². The van der Waals surface area contributed by atoms with Gasteiger partial charge in [-0.1, -0.05) is 0 Å². The maximum absolute atomic E-state index is 9.86. The average molecular weight is 213 g/mol. The molecule has 6 heteroatoms. The van der Waals surface area contributed by atoms with Crippen molar-refractivity contribution < 1.29 is 9.53 Å². The largest absolute Gasteiger partial charge is 0.372 e. The highest BCUT2D eigenvalue weighted by Gasteiger charge is 1.87. The van der Waals surface area contributed by atoms with E-state index in [1.807, 2.05) is 6.92 Å². The number of rotatable bonds is 3. The monoisotopic (exact) mass is 211 g/mol. The van der Waals surface area contributed by atoms with E-state index in [0.717, 1.165) is 0 Å².